The molecule has 0 radical (unpaired) electrons. The van der Waals surface area contributed by atoms with Gasteiger partial charge in [-0.05, 0) is 51.0 Å². The van der Waals surface area contributed by atoms with Gasteiger partial charge in [-0.25, -0.2) is 4.98 Å². The van der Waals surface area contributed by atoms with Crippen LogP contribution in [-0.2, 0) is 4.79 Å². The number of amides is 1. The third-order valence-corrected chi connectivity index (χ3v) is 5.36. The minimum atomic E-state index is 0.0358. The highest BCUT2D eigenvalue weighted by atomic mass is 35.5. The quantitative estimate of drug-likeness (QED) is 0.659. The molecular weight excluding hydrogens is 402 g/mol. The fourth-order valence-corrected chi connectivity index (χ4v) is 3.84. The van der Waals surface area contributed by atoms with Gasteiger partial charge >= 0.3 is 0 Å². The van der Waals surface area contributed by atoms with E-state index < -0.39 is 0 Å². The van der Waals surface area contributed by atoms with Crippen LogP contribution >= 0.6 is 11.6 Å². The molecule has 0 bridgehead atoms. The Bertz CT molecular complexity index is 1030. The van der Waals surface area contributed by atoms with Crippen molar-refractivity contribution in [2.75, 3.05) is 18.0 Å². The molecule has 1 fully saturated rings. The van der Waals surface area contributed by atoms with Crippen molar-refractivity contribution < 1.29 is 9.32 Å². The summed E-state index contributed by atoms with van der Waals surface area (Å²) in [5.74, 6) is 1.85. The summed E-state index contributed by atoms with van der Waals surface area (Å²) in [6.45, 7) is 5.45. The topological polar surface area (TPSA) is 84.2 Å². The Morgan fingerprint density at radius 3 is 2.77 bits per heavy atom. The molecule has 3 heterocycles. The van der Waals surface area contributed by atoms with Gasteiger partial charge in [-0.2, -0.15) is 4.98 Å². The maximum Gasteiger partial charge on any atom is 0.261 e. The molecular formula is C22H24ClN5O2. The van der Waals surface area contributed by atoms with Gasteiger partial charge in [0.25, 0.3) is 5.89 Å². The predicted octanol–water partition coefficient (Wildman–Crippen LogP) is 4.19. The van der Waals surface area contributed by atoms with Crippen LogP contribution in [0.2, 0.25) is 5.02 Å². The SMILES string of the molecule is CC(C)NC(=O)C1CCN(c2ncccc2-c2nc(-c3cccc(Cl)c3)no2)CC1. The van der Waals surface area contributed by atoms with Crippen LogP contribution < -0.4 is 10.2 Å². The molecule has 1 saturated heterocycles. The first kappa shape index (κ1) is 20.3. The van der Waals surface area contributed by atoms with Crippen LogP contribution in [0.1, 0.15) is 26.7 Å². The lowest BCUT2D eigenvalue weighted by Crippen LogP contribution is -2.42. The van der Waals surface area contributed by atoms with Gasteiger partial charge in [-0.3, -0.25) is 4.79 Å². The van der Waals surface area contributed by atoms with Gasteiger partial charge in [-0.1, -0.05) is 28.9 Å². The smallest absolute Gasteiger partial charge is 0.261 e. The molecule has 7 nitrogen and oxygen atoms in total. The number of aromatic nitrogens is 3. The number of piperidine rings is 1. The lowest BCUT2D eigenvalue weighted by Gasteiger charge is -2.33. The standard InChI is InChI=1S/C22H24ClN5O2/c1-14(2)25-21(29)15-8-11-28(12-9-15)20-18(7-4-10-24-20)22-26-19(27-30-22)16-5-3-6-17(23)13-16/h3-7,10,13-15H,8-9,11-12H2,1-2H3,(H,25,29). The van der Waals surface area contributed by atoms with Crippen molar-refractivity contribution in [2.45, 2.75) is 32.7 Å². The van der Waals surface area contributed by atoms with E-state index in [9.17, 15) is 4.79 Å². The Labute approximate surface area is 180 Å². The van der Waals surface area contributed by atoms with Crippen molar-refractivity contribution in [3.63, 3.8) is 0 Å². The fourth-order valence-electron chi connectivity index (χ4n) is 3.65. The summed E-state index contributed by atoms with van der Waals surface area (Å²) in [5, 5.41) is 7.74. The summed E-state index contributed by atoms with van der Waals surface area (Å²) in [4.78, 5) is 23.6. The largest absolute Gasteiger partial charge is 0.356 e. The highest BCUT2D eigenvalue weighted by molar-refractivity contribution is 6.30. The van der Waals surface area contributed by atoms with Crippen LogP contribution in [0.25, 0.3) is 22.8 Å². The molecule has 1 aromatic carbocycles. The molecule has 0 unspecified atom stereocenters. The second kappa shape index (κ2) is 8.83. The van der Waals surface area contributed by atoms with E-state index >= 15 is 0 Å². The van der Waals surface area contributed by atoms with Crippen molar-refractivity contribution in [3.05, 3.63) is 47.6 Å². The monoisotopic (exact) mass is 425 g/mol. The molecule has 0 atom stereocenters. The Hall–Kier alpha value is -2.93. The predicted molar refractivity (Wildman–Crippen MR) is 116 cm³/mol. The summed E-state index contributed by atoms with van der Waals surface area (Å²) >= 11 is 6.08. The minimum Gasteiger partial charge on any atom is -0.356 e. The van der Waals surface area contributed by atoms with Crippen LogP contribution in [0.3, 0.4) is 0 Å². The van der Waals surface area contributed by atoms with E-state index in [1.807, 2.05) is 38.1 Å². The number of halogens is 1. The van der Waals surface area contributed by atoms with Crippen LogP contribution in [0.5, 0.6) is 0 Å². The molecule has 0 saturated carbocycles. The Balaban J connectivity index is 1.52. The average molecular weight is 426 g/mol. The number of anilines is 1. The number of hydrogen-bond donors (Lipinski definition) is 1. The number of nitrogens with zero attached hydrogens (tertiary/aromatic N) is 4. The summed E-state index contributed by atoms with van der Waals surface area (Å²) < 4.78 is 5.54. The van der Waals surface area contributed by atoms with Gasteiger partial charge in [0.05, 0.1) is 5.56 Å². The molecule has 4 rings (SSSR count). The second-order valence-electron chi connectivity index (χ2n) is 7.73. The molecule has 1 aliphatic rings. The zero-order valence-corrected chi connectivity index (χ0v) is 17.8. The number of rotatable bonds is 5. The summed E-state index contributed by atoms with van der Waals surface area (Å²) in [6, 6.07) is 11.3. The van der Waals surface area contributed by atoms with E-state index in [4.69, 9.17) is 16.1 Å². The Morgan fingerprint density at radius 1 is 1.23 bits per heavy atom. The molecule has 1 N–H and O–H groups in total. The van der Waals surface area contributed by atoms with Crippen molar-refractivity contribution in [1.29, 1.82) is 0 Å². The van der Waals surface area contributed by atoms with Gasteiger partial charge in [-0.15, -0.1) is 0 Å². The highest BCUT2D eigenvalue weighted by Gasteiger charge is 2.28. The van der Waals surface area contributed by atoms with Crippen LogP contribution in [0.4, 0.5) is 5.82 Å². The molecule has 3 aromatic rings. The molecule has 2 aromatic heterocycles. The van der Waals surface area contributed by atoms with Crippen molar-refractivity contribution in [2.24, 2.45) is 5.92 Å². The van der Waals surface area contributed by atoms with Crippen LogP contribution in [0.15, 0.2) is 47.1 Å². The molecule has 1 amide bonds. The highest BCUT2D eigenvalue weighted by Crippen LogP contribution is 2.32. The number of pyridine rings is 1. The normalized spacial score (nSPS) is 14.9. The van der Waals surface area contributed by atoms with Crippen molar-refractivity contribution in [1.82, 2.24) is 20.4 Å². The summed E-state index contributed by atoms with van der Waals surface area (Å²) in [6.07, 6.45) is 3.32. The molecule has 0 spiro atoms. The molecule has 30 heavy (non-hydrogen) atoms. The fraction of sp³-hybridized carbons (Fsp3) is 0.364. The van der Waals surface area contributed by atoms with E-state index in [-0.39, 0.29) is 17.9 Å². The Morgan fingerprint density at radius 2 is 2.03 bits per heavy atom. The van der Waals surface area contributed by atoms with Crippen molar-refractivity contribution in [3.8, 4) is 22.8 Å². The minimum absolute atomic E-state index is 0.0358. The first-order valence-corrected chi connectivity index (χ1v) is 10.5. The number of carbonyl (C=O) groups is 1. The van der Waals surface area contributed by atoms with Crippen molar-refractivity contribution >= 4 is 23.3 Å². The van der Waals surface area contributed by atoms with Gasteiger partial charge < -0.3 is 14.7 Å². The summed E-state index contributed by atoms with van der Waals surface area (Å²) in [7, 11) is 0. The molecule has 156 valence electrons. The lowest BCUT2D eigenvalue weighted by molar-refractivity contribution is -0.126. The number of hydrogen-bond acceptors (Lipinski definition) is 6. The third kappa shape index (κ3) is 4.46. The average Bonchev–Trinajstić information content (AvgIpc) is 3.24. The van der Waals surface area contributed by atoms with Crippen LogP contribution in [-0.4, -0.2) is 40.2 Å². The Kier molecular flexibility index (Phi) is 5.99. The molecule has 8 heteroatoms. The second-order valence-corrected chi connectivity index (χ2v) is 8.17. The van der Waals surface area contributed by atoms with Crippen LogP contribution in [0, 0.1) is 5.92 Å². The first-order chi connectivity index (χ1) is 14.5. The molecule has 1 aliphatic heterocycles. The summed E-state index contributed by atoms with van der Waals surface area (Å²) in [5.41, 5.74) is 1.57. The van der Waals surface area contributed by atoms with Gasteiger partial charge in [0.2, 0.25) is 11.7 Å². The van der Waals surface area contributed by atoms with E-state index in [0.717, 1.165) is 42.9 Å². The third-order valence-electron chi connectivity index (χ3n) is 5.12. The van der Waals surface area contributed by atoms with E-state index in [1.165, 1.54) is 0 Å². The number of nitrogens with one attached hydrogen (secondary N) is 1. The van der Waals surface area contributed by atoms with E-state index in [0.29, 0.717) is 16.7 Å². The zero-order chi connectivity index (χ0) is 21.1. The van der Waals surface area contributed by atoms with Gasteiger partial charge in [0.1, 0.15) is 5.82 Å². The van der Waals surface area contributed by atoms with E-state index in [2.05, 4.69) is 25.3 Å². The number of benzene rings is 1. The van der Waals surface area contributed by atoms with Gasteiger partial charge in [0, 0.05) is 41.8 Å². The lowest BCUT2D eigenvalue weighted by atomic mass is 9.95. The maximum atomic E-state index is 12.3. The zero-order valence-electron chi connectivity index (χ0n) is 17.0. The molecule has 0 aliphatic carbocycles. The van der Waals surface area contributed by atoms with Gasteiger partial charge in [0.15, 0.2) is 0 Å². The first-order valence-electron chi connectivity index (χ1n) is 10.1. The number of carbonyl (C=O) groups excluding carboxylic acids is 1. The van der Waals surface area contributed by atoms with E-state index in [1.54, 1.807) is 18.3 Å². The maximum absolute atomic E-state index is 12.3.